The molecule has 0 radical (unpaired) electrons. The minimum absolute atomic E-state index is 0. The Labute approximate surface area is 80.0 Å². The van der Waals surface area contributed by atoms with E-state index in [9.17, 15) is 5.11 Å². The fraction of sp³-hybridized carbons (Fsp3) is 0.778. The van der Waals surface area contributed by atoms with Crippen LogP contribution < -0.4 is 24.0 Å². The maximum atomic E-state index is 11.2. The first-order chi connectivity index (χ1) is 4.88. The molecule has 0 amide bonds. The van der Waals surface area contributed by atoms with Crippen molar-refractivity contribution in [3.8, 4) is 0 Å². The van der Waals surface area contributed by atoms with E-state index in [4.69, 9.17) is 0 Å². The molecule has 11 heavy (non-hydrogen) atoms. The summed E-state index contributed by atoms with van der Waals surface area (Å²) in [5.74, 6) is 1.61. The molecule has 0 aromatic carbocycles. The minimum atomic E-state index is 0. The van der Waals surface area contributed by atoms with Crippen molar-refractivity contribution in [2.24, 2.45) is 11.8 Å². The van der Waals surface area contributed by atoms with E-state index in [1.165, 1.54) is 25.7 Å². The predicted molar refractivity (Wildman–Crippen MR) is 38.1 cm³/mol. The molecule has 0 N–H and O–H groups in total. The topological polar surface area (TPSA) is 23.1 Å². The second-order valence-corrected chi connectivity index (χ2v) is 3.49. The van der Waals surface area contributed by atoms with Crippen LogP contribution in [-0.2, 0) is 0 Å². The molecule has 1 fully saturated rings. The molecule has 0 aliphatic heterocycles. The van der Waals surface area contributed by atoms with Crippen LogP contribution in [0.3, 0.4) is 0 Å². The van der Waals surface area contributed by atoms with Crippen LogP contribution in [0.1, 0.15) is 32.1 Å². The Bertz CT molecular complexity index is 165. The van der Waals surface area contributed by atoms with Crippen molar-refractivity contribution >= 4 is 0 Å². The molecule has 2 rings (SSSR count). The standard InChI is InChI=1S/C9H14O.Li/c10-9-6-5-7-3-1-2-4-8(7)9;/h6-8,10H,1-5H2;/q;+1/p-1/t7-,8?;/m1./s1. The fourth-order valence-electron chi connectivity index (χ4n) is 2.28. The van der Waals surface area contributed by atoms with Crippen LogP contribution in [0.25, 0.3) is 0 Å². The Morgan fingerprint density at radius 3 is 2.73 bits per heavy atom. The normalized spacial score (nSPS) is 35.5. The maximum absolute atomic E-state index is 11.2. The summed E-state index contributed by atoms with van der Waals surface area (Å²) in [7, 11) is 0. The van der Waals surface area contributed by atoms with Gasteiger partial charge in [-0.2, -0.15) is 0 Å². The van der Waals surface area contributed by atoms with Gasteiger partial charge in [0.25, 0.3) is 0 Å². The molecule has 0 spiro atoms. The van der Waals surface area contributed by atoms with Crippen molar-refractivity contribution < 1.29 is 24.0 Å². The van der Waals surface area contributed by atoms with Gasteiger partial charge in [0.05, 0.1) is 0 Å². The third kappa shape index (κ3) is 1.66. The van der Waals surface area contributed by atoms with E-state index in [-0.39, 0.29) is 18.9 Å². The first-order valence-corrected chi connectivity index (χ1v) is 4.25. The van der Waals surface area contributed by atoms with E-state index in [2.05, 4.69) is 0 Å². The van der Waals surface area contributed by atoms with Crippen molar-refractivity contribution in [3.05, 3.63) is 11.8 Å². The molecule has 0 aromatic heterocycles. The third-order valence-corrected chi connectivity index (χ3v) is 2.90. The van der Waals surface area contributed by atoms with Gasteiger partial charge in [0.15, 0.2) is 0 Å². The van der Waals surface area contributed by atoms with E-state index in [1.54, 1.807) is 0 Å². The largest absolute Gasteiger partial charge is 1.00 e. The van der Waals surface area contributed by atoms with E-state index in [1.807, 2.05) is 6.08 Å². The van der Waals surface area contributed by atoms with Crippen LogP contribution in [0.2, 0.25) is 0 Å². The van der Waals surface area contributed by atoms with E-state index in [0.717, 1.165) is 12.3 Å². The van der Waals surface area contributed by atoms with Crippen molar-refractivity contribution in [1.82, 2.24) is 0 Å². The molecule has 0 saturated heterocycles. The Morgan fingerprint density at radius 2 is 2.00 bits per heavy atom. The molecule has 1 nitrogen and oxygen atoms in total. The average molecular weight is 144 g/mol. The smallest absolute Gasteiger partial charge is 0.875 e. The summed E-state index contributed by atoms with van der Waals surface area (Å²) in [6, 6.07) is 0. The summed E-state index contributed by atoms with van der Waals surface area (Å²) >= 11 is 0. The van der Waals surface area contributed by atoms with Crippen LogP contribution in [0.15, 0.2) is 11.8 Å². The van der Waals surface area contributed by atoms with Crippen molar-refractivity contribution in [3.63, 3.8) is 0 Å². The van der Waals surface area contributed by atoms with Gasteiger partial charge in [-0.1, -0.05) is 18.9 Å². The zero-order chi connectivity index (χ0) is 6.97. The molecule has 2 aliphatic carbocycles. The number of rotatable bonds is 0. The maximum Gasteiger partial charge on any atom is 1.00 e. The second kappa shape index (κ2) is 3.69. The van der Waals surface area contributed by atoms with Crippen molar-refractivity contribution in [2.45, 2.75) is 32.1 Å². The summed E-state index contributed by atoms with van der Waals surface area (Å²) in [5.41, 5.74) is 0. The molecule has 0 heterocycles. The number of hydrogen-bond acceptors (Lipinski definition) is 1. The van der Waals surface area contributed by atoms with Gasteiger partial charge in [-0.05, 0) is 31.1 Å². The number of fused-ring (bicyclic) bond motifs is 1. The van der Waals surface area contributed by atoms with Crippen molar-refractivity contribution in [2.75, 3.05) is 0 Å². The summed E-state index contributed by atoms with van der Waals surface area (Å²) in [5, 5.41) is 11.2. The predicted octanol–water partition coefficient (Wildman–Crippen LogP) is -1.56. The van der Waals surface area contributed by atoms with Gasteiger partial charge in [0.1, 0.15) is 0 Å². The summed E-state index contributed by atoms with van der Waals surface area (Å²) in [6.07, 6.45) is 8.07. The molecule has 2 heteroatoms. The van der Waals surface area contributed by atoms with Gasteiger partial charge in [-0.15, -0.1) is 5.76 Å². The Kier molecular flexibility index (Phi) is 3.10. The van der Waals surface area contributed by atoms with E-state index in [0.29, 0.717) is 11.7 Å². The zero-order valence-electron chi connectivity index (χ0n) is 7.18. The Morgan fingerprint density at radius 1 is 1.27 bits per heavy atom. The molecule has 1 unspecified atom stereocenters. The zero-order valence-corrected chi connectivity index (χ0v) is 7.18. The molecule has 56 valence electrons. The van der Waals surface area contributed by atoms with Gasteiger partial charge < -0.3 is 5.11 Å². The first-order valence-electron chi connectivity index (χ1n) is 4.25. The molecule has 0 bridgehead atoms. The molecule has 2 aliphatic rings. The van der Waals surface area contributed by atoms with Gasteiger partial charge in [0.2, 0.25) is 0 Å². The SMILES string of the molecule is [Li+].[O-]C1=CC[C@H]2CCCCC12. The van der Waals surface area contributed by atoms with Crippen LogP contribution in [0.5, 0.6) is 0 Å². The van der Waals surface area contributed by atoms with Crippen LogP contribution in [-0.4, -0.2) is 0 Å². The molecular formula is C9H13LiO. The molecule has 2 atom stereocenters. The first kappa shape index (κ1) is 9.23. The Balaban J connectivity index is 0.000000605. The quantitative estimate of drug-likeness (QED) is 0.377. The van der Waals surface area contributed by atoms with E-state index < -0.39 is 0 Å². The van der Waals surface area contributed by atoms with Gasteiger partial charge >= 0.3 is 18.9 Å². The Hall–Kier alpha value is 0.137. The summed E-state index contributed by atoms with van der Waals surface area (Å²) < 4.78 is 0. The van der Waals surface area contributed by atoms with Crippen LogP contribution in [0, 0.1) is 11.8 Å². The van der Waals surface area contributed by atoms with Gasteiger partial charge in [-0.25, -0.2) is 0 Å². The van der Waals surface area contributed by atoms with Crippen LogP contribution in [0.4, 0.5) is 0 Å². The number of allylic oxidation sites excluding steroid dienone is 2. The second-order valence-electron chi connectivity index (χ2n) is 3.49. The summed E-state index contributed by atoms with van der Waals surface area (Å²) in [6.45, 7) is 0. The van der Waals surface area contributed by atoms with E-state index >= 15 is 0 Å². The van der Waals surface area contributed by atoms with Crippen LogP contribution >= 0.6 is 0 Å². The molecule has 0 aromatic rings. The fourth-order valence-corrected chi connectivity index (χ4v) is 2.28. The van der Waals surface area contributed by atoms with Gasteiger partial charge in [0, 0.05) is 0 Å². The minimum Gasteiger partial charge on any atom is -0.875 e. The van der Waals surface area contributed by atoms with Gasteiger partial charge in [-0.3, -0.25) is 0 Å². The molecule has 1 saturated carbocycles. The third-order valence-electron chi connectivity index (χ3n) is 2.90. The number of hydrogen-bond donors (Lipinski definition) is 0. The average Bonchev–Trinajstić information content (AvgIpc) is 2.34. The van der Waals surface area contributed by atoms with Crippen molar-refractivity contribution in [1.29, 1.82) is 0 Å². The molecular weight excluding hydrogens is 131 g/mol. The summed E-state index contributed by atoms with van der Waals surface area (Å²) in [4.78, 5) is 0. The monoisotopic (exact) mass is 144 g/mol.